The maximum absolute atomic E-state index is 13.6. The molecule has 1 atom stereocenters. The van der Waals surface area contributed by atoms with Gasteiger partial charge in [-0.25, -0.2) is 4.39 Å². The van der Waals surface area contributed by atoms with Crippen molar-refractivity contribution in [1.82, 2.24) is 15.5 Å². The van der Waals surface area contributed by atoms with Gasteiger partial charge in [0.1, 0.15) is 5.82 Å². The van der Waals surface area contributed by atoms with E-state index in [9.17, 15) is 4.39 Å². The number of piperidine rings is 1. The van der Waals surface area contributed by atoms with E-state index >= 15 is 0 Å². The van der Waals surface area contributed by atoms with Crippen molar-refractivity contribution in [2.24, 2.45) is 0 Å². The zero-order chi connectivity index (χ0) is 14.0. The number of aromatic nitrogens is 2. The molecular formula is C15H18FN3O. The first-order chi connectivity index (χ1) is 9.67. The Balaban J connectivity index is 1.78. The van der Waals surface area contributed by atoms with Crippen molar-refractivity contribution in [3.8, 4) is 0 Å². The van der Waals surface area contributed by atoms with Crippen LogP contribution in [-0.4, -0.2) is 23.2 Å². The molecule has 4 nitrogen and oxygen atoms in total. The van der Waals surface area contributed by atoms with Gasteiger partial charge in [0.15, 0.2) is 5.82 Å². The molecule has 1 aliphatic heterocycles. The molecule has 0 radical (unpaired) electrons. The summed E-state index contributed by atoms with van der Waals surface area (Å²) >= 11 is 0. The lowest BCUT2D eigenvalue weighted by atomic mass is 9.83. The maximum atomic E-state index is 13.6. The van der Waals surface area contributed by atoms with Gasteiger partial charge in [-0.3, -0.25) is 0 Å². The van der Waals surface area contributed by atoms with Crippen LogP contribution in [0.1, 0.15) is 37.0 Å². The SMILES string of the molecule is CC1(c2nc(Cc3ccccc3F)no2)CCCNC1. The predicted molar refractivity (Wildman–Crippen MR) is 73.0 cm³/mol. The summed E-state index contributed by atoms with van der Waals surface area (Å²) in [5.41, 5.74) is 0.477. The minimum Gasteiger partial charge on any atom is -0.339 e. The van der Waals surface area contributed by atoms with Crippen LogP contribution in [0, 0.1) is 5.82 Å². The monoisotopic (exact) mass is 275 g/mol. The van der Waals surface area contributed by atoms with Crippen LogP contribution < -0.4 is 5.32 Å². The number of rotatable bonds is 3. The van der Waals surface area contributed by atoms with Gasteiger partial charge in [-0.05, 0) is 37.9 Å². The first-order valence-corrected chi connectivity index (χ1v) is 6.95. The molecule has 2 aromatic rings. The van der Waals surface area contributed by atoms with E-state index in [1.807, 2.05) is 6.07 Å². The quantitative estimate of drug-likeness (QED) is 0.934. The van der Waals surface area contributed by atoms with Crippen LogP contribution in [0.4, 0.5) is 4.39 Å². The van der Waals surface area contributed by atoms with E-state index in [1.165, 1.54) is 6.07 Å². The molecule has 1 fully saturated rings. The zero-order valence-corrected chi connectivity index (χ0v) is 11.5. The summed E-state index contributed by atoms with van der Waals surface area (Å²) in [5, 5.41) is 7.35. The summed E-state index contributed by atoms with van der Waals surface area (Å²) < 4.78 is 19.0. The topological polar surface area (TPSA) is 51.0 Å². The number of halogens is 1. The molecule has 5 heteroatoms. The van der Waals surface area contributed by atoms with Gasteiger partial charge in [-0.2, -0.15) is 4.98 Å². The largest absolute Gasteiger partial charge is 0.339 e. The highest BCUT2D eigenvalue weighted by Gasteiger charge is 2.34. The van der Waals surface area contributed by atoms with Gasteiger partial charge < -0.3 is 9.84 Å². The van der Waals surface area contributed by atoms with Crippen molar-refractivity contribution in [3.05, 3.63) is 47.4 Å². The lowest BCUT2D eigenvalue weighted by Crippen LogP contribution is -2.41. The summed E-state index contributed by atoms with van der Waals surface area (Å²) in [4.78, 5) is 4.46. The van der Waals surface area contributed by atoms with Crippen molar-refractivity contribution in [2.75, 3.05) is 13.1 Å². The molecule has 1 saturated heterocycles. The van der Waals surface area contributed by atoms with Crippen LogP contribution in [0.25, 0.3) is 0 Å². The fraction of sp³-hybridized carbons (Fsp3) is 0.467. The molecular weight excluding hydrogens is 257 g/mol. The Bertz CT molecular complexity index is 590. The van der Waals surface area contributed by atoms with E-state index in [4.69, 9.17) is 4.52 Å². The molecule has 0 aliphatic carbocycles. The number of nitrogens with one attached hydrogen (secondary N) is 1. The molecule has 1 unspecified atom stereocenters. The number of nitrogens with zero attached hydrogens (tertiary/aromatic N) is 2. The second-order valence-electron chi connectivity index (χ2n) is 5.62. The average molecular weight is 275 g/mol. The molecule has 1 aliphatic rings. The van der Waals surface area contributed by atoms with Gasteiger partial charge in [0.2, 0.25) is 5.89 Å². The van der Waals surface area contributed by atoms with Crippen molar-refractivity contribution >= 4 is 0 Å². The number of hydrogen-bond donors (Lipinski definition) is 1. The third kappa shape index (κ3) is 2.58. The standard InChI is InChI=1S/C15H18FN3O/c1-15(7-4-8-17-10-15)14-18-13(19-20-14)9-11-5-2-3-6-12(11)16/h2-3,5-6,17H,4,7-10H2,1H3. The molecule has 1 aromatic heterocycles. The number of benzene rings is 1. The lowest BCUT2D eigenvalue weighted by molar-refractivity contribution is 0.245. The van der Waals surface area contributed by atoms with Crippen molar-refractivity contribution in [2.45, 2.75) is 31.6 Å². The lowest BCUT2D eigenvalue weighted by Gasteiger charge is -2.30. The van der Waals surface area contributed by atoms with E-state index < -0.39 is 0 Å². The molecule has 0 saturated carbocycles. The zero-order valence-electron chi connectivity index (χ0n) is 11.5. The Morgan fingerprint density at radius 3 is 3.00 bits per heavy atom. The van der Waals surface area contributed by atoms with Crippen LogP contribution in [0.15, 0.2) is 28.8 Å². The molecule has 106 valence electrons. The predicted octanol–water partition coefficient (Wildman–Crippen LogP) is 2.44. The number of hydrogen-bond acceptors (Lipinski definition) is 4. The normalized spacial score (nSPS) is 22.9. The van der Waals surface area contributed by atoms with Gasteiger partial charge in [0, 0.05) is 13.0 Å². The smallest absolute Gasteiger partial charge is 0.233 e. The van der Waals surface area contributed by atoms with E-state index in [0.717, 1.165) is 25.9 Å². The van der Waals surface area contributed by atoms with Crippen molar-refractivity contribution < 1.29 is 8.91 Å². The molecule has 0 spiro atoms. The minimum atomic E-state index is -0.232. The molecule has 1 N–H and O–H groups in total. The fourth-order valence-electron chi connectivity index (χ4n) is 2.62. The molecule has 2 heterocycles. The molecule has 3 rings (SSSR count). The Morgan fingerprint density at radius 2 is 2.25 bits per heavy atom. The van der Waals surface area contributed by atoms with Crippen molar-refractivity contribution in [3.63, 3.8) is 0 Å². The molecule has 20 heavy (non-hydrogen) atoms. The highest BCUT2D eigenvalue weighted by atomic mass is 19.1. The Kier molecular flexibility index (Phi) is 3.53. The van der Waals surface area contributed by atoms with E-state index in [2.05, 4.69) is 22.4 Å². The van der Waals surface area contributed by atoms with Gasteiger partial charge >= 0.3 is 0 Å². The summed E-state index contributed by atoms with van der Waals surface area (Å²) in [6.07, 6.45) is 2.49. The highest BCUT2D eigenvalue weighted by Crippen LogP contribution is 2.29. The van der Waals surface area contributed by atoms with Crippen LogP contribution in [0.3, 0.4) is 0 Å². The molecule has 0 bridgehead atoms. The summed E-state index contributed by atoms with van der Waals surface area (Å²) in [6.45, 7) is 4.00. The third-order valence-corrected chi connectivity index (χ3v) is 3.89. The van der Waals surface area contributed by atoms with Crippen molar-refractivity contribution in [1.29, 1.82) is 0 Å². The van der Waals surface area contributed by atoms with Gasteiger partial charge in [-0.15, -0.1) is 0 Å². The summed E-state index contributed by atoms with van der Waals surface area (Å²) in [6, 6.07) is 6.68. The van der Waals surface area contributed by atoms with Gasteiger partial charge in [-0.1, -0.05) is 23.4 Å². The van der Waals surface area contributed by atoms with Gasteiger partial charge in [0.25, 0.3) is 0 Å². The minimum absolute atomic E-state index is 0.112. The Hall–Kier alpha value is -1.75. The summed E-state index contributed by atoms with van der Waals surface area (Å²) in [5.74, 6) is 0.956. The highest BCUT2D eigenvalue weighted by molar-refractivity contribution is 5.21. The fourth-order valence-corrected chi connectivity index (χ4v) is 2.62. The van der Waals surface area contributed by atoms with Gasteiger partial charge in [0.05, 0.1) is 5.41 Å². The van der Waals surface area contributed by atoms with E-state index in [1.54, 1.807) is 12.1 Å². The van der Waals surface area contributed by atoms with Crippen LogP contribution >= 0.6 is 0 Å². The Labute approximate surface area is 117 Å². The van der Waals surface area contributed by atoms with Crippen LogP contribution in [0.2, 0.25) is 0 Å². The first kappa shape index (κ1) is 13.2. The third-order valence-electron chi connectivity index (χ3n) is 3.89. The Morgan fingerprint density at radius 1 is 1.40 bits per heavy atom. The molecule has 1 aromatic carbocycles. The first-order valence-electron chi connectivity index (χ1n) is 6.95. The molecule has 0 amide bonds. The average Bonchev–Trinajstić information content (AvgIpc) is 2.92. The van der Waals surface area contributed by atoms with E-state index in [0.29, 0.717) is 23.7 Å². The summed E-state index contributed by atoms with van der Waals surface area (Å²) in [7, 11) is 0. The van der Waals surface area contributed by atoms with E-state index in [-0.39, 0.29) is 11.2 Å². The second-order valence-corrected chi connectivity index (χ2v) is 5.62. The second kappa shape index (κ2) is 5.32. The van der Waals surface area contributed by atoms with Crippen LogP contribution in [-0.2, 0) is 11.8 Å². The maximum Gasteiger partial charge on any atom is 0.233 e. The van der Waals surface area contributed by atoms with Crippen LogP contribution in [0.5, 0.6) is 0 Å².